The van der Waals surface area contributed by atoms with E-state index in [-0.39, 0.29) is 37.1 Å². The number of aliphatic hydroxyl groups excluding tert-OH is 1. The van der Waals surface area contributed by atoms with Crippen molar-refractivity contribution in [1.29, 1.82) is 0 Å². The maximum absolute atomic E-state index is 11.6. The van der Waals surface area contributed by atoms with E-state index >= 15 is 0 Å². The quantitative estimate of drug-likeness (QED) is 0.844. The minimum Gasteiger partial charge on any atom is -0.487 e. The molecule has 2 aliphatic rings. The third kappa shape index (κ3) is 3.01. The lowest BCUT2D eigenvalue weighted by molar-refractivity contribution is -0.156. The first-order chi connectivity index (χ1) is 11.0. The molecular weight excluding hydrogens is 298 g/mol. The molecule has 1 aromatic rings. The van der Waals surface area contributed by atoms with Crippen LogP contribution in [0.2, 0.25) is 0 Å². The standard InChI is InChI=1S/C17H23NO5/c1-18(2)10-4-5-14-12(6-10)13-7-11(8-16(20)21-3)22-15(9-19)17(13)23-14/h4-6,11,13,15,17,19H,7-9H2,1-3H3/t11-,13+,15+,17-/m0/s1. The summed E-state index contributed by atoms with van der Waals surface area (Å²) in [5, 5.41) is 9.64. The molecule has 0 spiro atoms. The van der Waals surface area contributed by atoms with Crippen LogP contribution in [0, 0.1) is 0 Å². The fourth-order valence-electron chi connectivity index (χ4n) is 3.42. The van der Waals surface area contributed by atoms with E-state index in [4.69, 9.17) is 14.2 Å². The van der Waals surface area contributed by atoms with E-state index in [0.29, 0.717) is 6.42 Å². The Balaban J connectivity index is 1.86. The second-order valence-corrected chi connectivity index (χ2v) is 6.30. The molecule has 0 aliphatic carbocycles. The van der Waals surface area contributed by atoms with Gasteiger partial charge in [-0.3, -0.25) is 4.79 Å². The van der Waals surface area contributed by atoms with Crippen LogP contribution >= 0.6 is 0 Å². The molecule has 0 aromatic heterocycles. The number of aliphatic hydroxyl groups is 1. The van der Waals surface area contributed by atoms with Crippen LogP contribution in [-0.4, -0.2) is 57.2 Å². The molecule has 2 heterocycles. The largest absolute Gasteiger partial charge is 0.487 e. The Bertz CT molecular complexity index is 588. The summed E-state index contributed by atoms with van der Waals surface area (Å²) in [5.74, 6) is 0.656. The van der Waals surface area contributed by atoms with Crippen molar-refractivity contribution in [2.24, 2.45) is 0 Å². The van der Waals surface area contributed by atoms with Gasteiger partial charge in [0.15, 0.2) is 0 Å². The van der Waals surface area contributed by atoms with Crippen LogP contribution in [0.4, 0.5) is 5.69 Å². The number of ether oxygens (including phenoxy) is 3. The monoisotopic (exact) mass is 321 g/mol. The Morgan fingerprint density at radius 3 is 2.87 bits per heavy atom. The van der Waals surface area contributed by atoms with Gasteiger partial charge in [0.05, 0.1) is 26.2 Å². The number of methoxy groups -OCH3 is 1. The predicted molar refractivity (Wildman–Crippen MR) is 84.9 cm³/mol. The van der Waals surface area contributed by atoms with E-state index in [2.05, 4.69) is 6.07 Å². The van der Waals surface area contributed by atoms with Crippen LogP contribution in [0.1, 0.15) is 24.3 Å². The van der Waals surface area contributed by atoms with E-state index in [0.717, 1.165) is 17.0 Å². The Labute approximate surface area is 135 Å². The first-order valence-electron chi connectivity index (χ1n) is 7.84. The van der Waals surface area contributed by atoms with Crippen molar-refractivity contribution in [1.82, 2.24) is 0 Å². The maximum atomic E-state index is 11.6. The van der Waals surface area contributed by atoms with Crippen LogP contribution < -0.4 is 9.64 Å². The first kappa shape index (κ1) is 16.1. The maximum Gasteiger partial charge on any atom is 0.308 e. The molecule has 0 unspecified atom stereocenters. The molecule has 6 nitrogen and oxygen atoms in total. The molecule has 1 fully saturated rings. The van der Waals surface area contributed by atoms with Gasteiger partial charge in [0.25, 0.3) is 0 Å². The van der Waals surface area contributed by atoms with Crippen molar-refractivity contribution >= 4 is 11.7 Å². The number of hydrogen-bond donors (Lipinski definition) is 1. The van der Waals surface area contributed by atoms with Gasteiger partial charge in [-0.25, -0.2) is 0 Å². The van der Waals surface area contributed by atoms with E-state index in [1.807, 2.05) is 31.1 Å². The second kappa shape index (κ2) is 6.37. The highest BCUT2D eigenvalue weighted by Crippen LogP contribution is 2.47. The summed E-state index contributed by atoms with van der Waals surface area (Å²) >= 11 is 0. The smallest absolute Gasteiger partial charge is 0.308 e. The van der Waals surface area contributed by atoms with Gasteiger partial charge in [0, 0.05) is 31.3 Å². The zero-order chi connectivity index (χ0) is 16.6. The zero-order valence-corrected chi connectivity index (χ0v) is 13.7. The van der Waals surface area contributed by atoms with Crippen LogP contribution in [0.5, 0.6) is 5.75 Å². The van der Waals surface area contributed by atoms with Gasteiger partial charge in [-0.1, -0.05) is 0 Å². The van der Waals surface area contributed by atoms with Crippen molar-refractivity contribution < 1.29 is 24.1 Å². The van der Waals surface area contributed by atoms with E-state index in [1.165, 1.54) is 7.11 Å². The van der Waals surface area contributed by atoms with Crippen molar-refractivity contribution in [3.63, 3.8) is 0 Å². The molecule has 0 saturated carbocycles. The minimum atomic E-state index is -0.432. The third-order valence-corrected chi connectivity index (χ3v) is 4.62. The van der Waals surface area contributed by atoms with Gasteiger partial charge in [-0.15, -0.1) is 0 Å². The van der Waals surface area contributed by atoms with Crippen LogP contribution in [0.15, 0.2) is 18.2 Å². The number of nitrogens with zero attached hydrogens (tertiary/aromatic N) is 1. The molecule has 3 rings (SSSR count). The number of esters is 1. The lowest BCUT2D eigenvalue weighted by atomic mass is 9.84. The highest BCUT2D eigenvalue weighted by molar-refractivity contribution is 5.69. The fourth-order valence-corrected chi connectivity index (χ4v) is 3.42. The number of rotatable bonds is 4. The van der Waals surface area contributed by atoms with Crippen LogP contribution in [0.25, 0.3) is 0 Å². The molecule has 2 aliphatic heterocycles. The summed E-state index contributed by atoms with van der Waals surface area (Å²) in [6.07, 6.45) is -0.0302. The van der Waals surface area contributed by atoms with E-state index in [9.17, 15) is 9.90 Å². The molecule has 1 saturated heterocycles. The first-order valence-corrected chi connectivity index (χ1v) is 7.84. The molecule has 23 heavy (non-hydrogen) atoms. The summed E-state index contributed by atoms with van der Waals surface area (Å²) in [4.78, 5) is 13.6. The lowest BCUT2D eigenvalue weighted by Crippen LogP contribution is -2.46. The van der Waals surface area contributed by atoms with E-state index in [1.54, 1.807) is 0 Å². The summed E-state index contributed by atoms with van der Waals surface area (Å²) in [6.45, 7) is -0.132. The Morgan fingerprint density at radius 2 is 2.22 bits per heavy atom. The molecule has 1 aromatic carbocycles. The Morgan fingerprint density at radius 1 is 1.43 bits per heavy atom. The summed E-state index contributed by atoms with van der Waals surface area (Å²) in [5.41, 5.74) is 2.22. The van der Waals surface area contributed by atoms with Gasteiger partial charge in [-0.2, -0.15) is 0 Å². The highest BCUT2D eigenvalue weighted by Gasteiger charge is 2.46. The van der Waals surface area contributed by atoms with Gasteiger partial charge >= 0.3 is 5.97 Å². The predicted octanol–water partition coefficient (Wildman–Crippen LogP) is 1.31. The molecule has 6 heteroatoms. The van der Waals surface area contributed by atoms with Crippen molar-refractivity contribution in [3.8, 4) is 5.75 Å². The number of fused-ring (bicyclic) bond motifs is 3. The van der Waals surface area contributed by atoms with Gasteiger partial charge in [0.2, 0.25) is 0 Å². The van der Waals surface area contributed by atoms with Gasteiger partial charge in [-0.05, 0) is 24.6 Å². The Kier molecular flexibility index (Phi) is 4.46. The number of benzene rings is 1. The Hall–Kier alpha value is -1.79. The molecule has 0 amide bonds. The highest BCUT2D eigenvalue weighted by atomic mass is 16.6. The van der Waals surface area contributed by atoms with Crippen molar-refractivity contribution in [2.45, 2.75) is 37.1 Å². The number of carbonyl (C=O) groups excluding carboxylic acids is 1. The number of hydrogen-bond acceptors (Lipinski definition) is 6. The minimum absolute atomic E-state index is 0.116. The summed E-state index contributed by atoms with van der Waals surface area (Å²) in [7, 11) is 5.36. The van der Waals surface area contributed by atoms with Crippen LogP contribution in [0.3, 0.4) is 0 Å². The summed E-state index contributed by atoms with van der Waals surface area (Å²) < 4.78 is 16.6. The normalized spacial score (nSPS) is 28.5. The van der Waals surface area contributed by atoms with Crippen molar-refractivity contribution in [3.05, 3.63) is 23.8 Å². The molecule has 4 atom stereocenters. The average Bonchev–Trinajstić information content (AvgIpc) is 2.91. The topological polar surface area (TPSA) is 68.2 Å². The van der Waals surface area contributed by atoms with E-state index < -0.39 is 6.10 Å². The molecule has 1 N–H and O–H groups in total. The molecule has 126 valence electrons. The third-order valence-electron chi connectivity index (χ3n) is 4.62. The van der Waals surface area contributed by atoms with Crippen LogP contribution in [-0.2, 0) is 14.3 Å². The summed E-state index contributed by atoms with van der Waals surface area (Å²) in [6, 6.07) is 6.10. The SMILES string of the molecule is COC(=O)C[C@@H]1C[C@@H]2c3cc(N(C)C)ccc3O[C@@H]2[C@@H](CO)O1. The second-order valence-electron chi connectivity index (χ2n) is 6.30. The van der Waals surface area contributed by atoms with Gasteiger partial charge in [0.1, 0.15) is 18.0 Å². The molecule has 0 bridgehead atoms. The van der Waals surface area contributed by atoms with Gasteiger partial charge < -0.3 is 24.2 Å². The average molecular weight is 321 g/mol. The number of carbonyl (C=O) groups is 1. The zero-order valence-electron chi connectivity index (χ0n) is 13.7. The molecular formula is C17H23NO5. The fraction of sp³-hybridized carbons (Fsp3) is 0.588. The number of anilines is 1. The molecule has 0 radical (unpaired) electrons. The lowest BCUT2D eigenvalue weighted by Gasteiger charge is -2.36. The van der Waals surface area contributed by atoms with Crippen molar-refractivity contribution in [2.75, 3.05) is 32.7 Å².